The van der Waals surface area contributed by atoms with Crippen molar-refractivity contribution in [2.75, 3.05) is 5.73 Å². The van der Waals surface area contributed by atoms with E-state index in [4.69, 9.17) is 10.5 Å². The van der Waals surface area contributed by atoms with Gasteiger partial charge < -0.3 is 20.4 Å². The van der Waals surface area contributed by atoms with Gasteiger partial charge in [-0.3, -0.25) is 4.79 Å². The van der Waals surface area contributed by atoms with E-state index in [1.807, 2.05) is 26.0 Å². The molecular formula is C16H20N4O2. The highest BCUT2D eigenvalue weighted by molar-refractivity contribution is 5.92. The molecule has 0 spiro atoms. The summed E-state index contributed by atoms with van der Waals surface area (Å²) < 4.78 is 7.67. The lowest BCUT2D eigenvalue weighted by atomic mass is 9.89. The number of hydrogen-bond donors (Lipinski definition) is 2. The van der Waals surface area contributed by atoms with Crippen LogP contribution in [-0.4, -0.2) is 21.1 Å². The smallest absolute Gasteiger partial charge is 0.270 e. The van der Waals surface area contributed by atoms with Crippen molar-refractivity contribution in [1.29, 1.82) is 0 Å². The second kappa shape index (κ2) is 5.05. The number of anilines is 1. The second-order valence-corrected chi connectivity index (χ2v) is 6.28. The minimum atomic E-state index is -0.354. The van der Waals surface area contributed by atoms with Crippen LogP contribution in [0.3, 0.4) is 0 Å². The van der Waals surface area contributed by atoms with Gasteiger partial charge in [0, 0.05) is 24.7 Å². The first kappa shape index (κ1) is 14.4. The molecule has 1 aliphatic rings. The number of ether oxygens (including phenoxy) is 1. The number of nitrogen functional groups attached to an aromatic ring is 1. The summed E-state index contributed by atoms with van der Waals surface area (Å²) in [5.41, 5.74) is 7.61. The lowest BCUT2D eigenvalue weighted by molar-refractivity contribution is 0.0617. The Hall–Kier alpha value is -2.50. The summed E-state index contributed by atoms with van der Waals surface area (Å²) in [5.74, 6) is 0.608. The van der Waals surface area contributed by atoms with Crippen molar-refractivity contribution in [3.63, 3.8) is 0 Å². The Kier molecular flexibility index (Phi) is 3.31. The summed E-state index contributed by atoms with van der Waals surface area (Å²) in [6, 6.07) is 5.37. The van der Waals surface area contributed by atoms with Gasteiger partial charge in [-0.05, 0) is 32.0 Å². The summed E-state index contributed by atoms with van der Waals surface area (Å²) in [7, 11) is 1.79. The highest BCUT2D eigenvalue weighted by Gasteiger charge is 2.35. The third kappa shape index (κ3) is 2.64. The molecule has 0 saturated heterocycles. The van der Waals surface area contributed by atoms with Crippen LogP contribution in [-0.2, 0) is 7.05 Å². The molecule has 6 nitrogen and oxygen atoms in total. The van der Waals surface area contributed by atoms with Crippen molar-refractivity contribution in [2.45, 2.75) is 31.9 Å². The Balaban J connectivity index is 1.92. The van der Waals surface area contributed by atoms with Crippen molar-refractivity contribution in [3.8, 4) is 5.75 Å². The van der Waals surface area contributed by atoms with E-state index in [0.29, 0.717) is 17.8 Å². The largest absolute Gasteiger partial charge is 0.487 e. The van der Waals surface area contributed by atoms with Crippen LogP contribution in [0.4, 0.5) is 5.69 Å². The van der Waals surface area contributed by atoms with E-state index in [2.05, 4.69) is 10.3 Å². The maximum atomic E-state index is 12.5. The Bertz CT molecular complexity index is 721. The minimum absolute atomic E-state index is 0.148. The van der Waals surface area contributed by atoms with Gasteiger partial charge in [-0.25, -0.2) is 4.98 Å². The molecule has 0 radical (unpaired) electrons. The number of nitrogens with two attached hydrogens (primary N) is 1. The molecule has 1 aliphatic heterocycles. The molecule has 0 saturated carbocycles. The Morgan fingerprint density at radius 3 is 2.95 bits per heavy atom. The van der Waals surface area contributed by atoms with Gasteiger partial charge in [0.1, 0.15) is 17.0 Å². The van der Waals surface area contributed by atoms with Gasteiger partial charge in [-0.2, -0.15) is 0 Å². The van der Waals surface area contributed by atoms with Gasteiger partial charge in [-0.15, -0.1) is 0 Å². The quantitative estimate of drug-likeness (QED) is 0.831. The van der Waals surface area contributed by atoms with Crippen LogP contribution in [0.1, 0.15) is 42.4 Å². The zero-order chi connectivity index (χ0) is 15.9. The summed E-state index contributed by atoms with van der Waals surface area (Å²) in [5, 5.41) is 3.07. The molecule has 1 aromatic heterocycles. The van der Waals surface area contributed by atoms with Gasteiger partial charge in [0.25, 0.3) is 5.91 Å². The number of aromatic nitrogens is 2. The maximum Gasteiger partial charge on any atom is 0.270 e. The van der Waals surface area contributed by atoms with E-state index in [9.17, 15) is 4.79 Å². The molecule has 1 amide bonds. The maximum absolute atomic E-state index is 12.5. The van der Waals surface area contributed by atoms with E-state index in [1.54, 1.807) is 30.2 Å². The average molecular weight is 300 g/mol. The molecule has 1 aromatic carbocycles. The van der Waals surface area contributed by atoms with Crippen LogP contribution < -0.4 is 15.8 Å². The Labute approximate surface area is 129 Å². The molecule has 0 fully saturated rings. The third-order valence-electron chi connectivity index (χ3n) is 3.85. The van der Waals surface area contributed by atoms with E-state index < -0.39 is 0 Å². The summed E-state index contributed by atoms with van der Waals surface area (Å²) in [4.78, 5) is 16.4. The molecular weight excluding hydrogens is 280 g/mol. The molecule has 1 unspecified atom stereocenters. The summed E-state index contributed by atoms with van der Waals surface area (Å²) >= 11 is 0. The predicted octanol–water partition coefficient (Wildman–Crippen LogP) is 2.03. The molecule has 0 aliphatic carbocycles. The fourth-order valence-corrected chi connectivity index (χ4v) is 2.81. The van der Waals surface area contributed by atoms with Gasteiger partial charge in [0.05, 0.1) is 18.6 Å². The topological polar surface area (TPSA) is 82.2 Å². The Morgan fingerprint density at radius 2 is 2.27 bits per heavy atom. The van der Waals surface area contributed by atoms with Crippen LogP contribution in [0, 0.1) is 0 Å². The molecule has 2 aromatic rings. The standard InChI is InChI=1S/C16H20N4O2/c1-16(2)7-12(11-6-10(17)4-5-14(11)22-16)19-15(21)13-8-18-9-20(13)3/h4-6,8-9,12H,7,17H2,1-3H3,(H,19,21). The van der Waals surface area contributed by atoms with Crippen molar-refractivity contribution < 1.29 is 9.53 Å². The van der Waals surface area contributed by atoms with Gasteiger partial charge in [-0.1, -0.05) is 0 Å². The normalized spacial score (nSPS) is 19.1. The van der Waals surface area contributed by atoms with E-state index in [-0.39, 0.29) is 17.6 Å². The number of hydrogen-bond acceptors (Lipinski definition) is 4. The highest BCUT2D eigenvalue weighted by Crippen LogP contribution is 2.40. The number of imidazole rings is 1. The molecule has 3 rings (SSSR count). The molecule has 6 heteroatoms. The van der Waals surface area contributed by atoms with E-state index in [1.165, 1.54) is 0 Å². The van der Waals surface area contributed by atoms with Crippen molar-refractivity contribution in [2.24, 2.45) is 7.05 Å². The number of benzene rings is 1. The van der Waals surface area contributed by atoms with E-state index >= 15 is 0 Å². The lowest BCUT2D eigenvalue weighted by Gasteiger charge is -2.38. The molecule has 3 N–H and O–H groups in total. The molecule has 2 heterocycles. The number of nitrogens with one attached hydrogen (secondary N) is 1. The number of fused-ring (bicyclic) bond motifs is 1. The third-order valence-corrected chi connectivity index (χ3v) is 3.85. The van der Waals surface area contributed by atoms with Crippen LogP contribution in [0.5, 0.6) is 5.75 Å². The molecule has 116 valence electrons. The predicted molar refractivity (Wildman–Crippen MR) is 83.6 cm³/mol. The fraction of sp³-hybridized carbons (Fsp3) is 0.375. The zero-order valence-electron chi connectivity index (χ0n) is 13.0. The number of nitrogens with zero attached hydrogens (tertiary/aromatic N) is 2. The van der Waals surface area contributed by atoms with Gasteiger partial charge in [0.2, 0.25) is 0 Å². The van der Waals surface area contributed by atoms with Crippen LogP contribution in [0.25, 0.3) is 0 Å². The summed E-state index contributed by atoms with van der Waals surface area (Å²) in [6.07, 6.45) is 3.84. The van der Waals surface area contributed by atoms with Crippen molar-refractivity contribution in [3.05, 3.63) is 42.0 Å². The molecule has 0 bridgehead atoms. The first-order valence-electron chi connectivity index (χ1n) is 7.21. The van der Waals surface area contributed by atoms with Crippen LogP contribution in [0.2, 0.25) is 0 Å². The minimum Gasteiger partial charge on any atom is -0.487 e. The number of carbonyl (C=O) groups excluding carboxylic acids is 1. The highest BCUT2D eigenvalue weighted by atomic mass is 16.5. The monoisotopic (exact) mass is 300 g/mol. The van der Waals surface area contributed by atoms with Crippen LogP contribution in [0.15, 0.2) is 30.7 Å². The number of rotatable bonds is 2. The zero-order valence-corrected chi connectivity index (χ0v) is 13.0. The van der Waals surface area contributed by atoms with Crippen molar-refractivity contribution in [1.82, 2.24) is 14.9 Å². The SMILES string of the molecule is Cn1cncc1C(=O)NC1CC(C)(C)Oc2ccc(N)cc21. The first-order chi connectivity index (χ1) is 10.4. The number of amides is 1. The van der Waals surface area contributed by atoms with Gasteiger partial charge in [0.15, 0.2) is 0 Å². The van der Waals surface area contributed by atoms with Gasteiger partial charge >= 0.3 is 0 Å². The van der Waals surface area contributed by atoms with Crippen LogP contribution >= 0.6 is 0 Å². The number of aryl methyl sites for hydroxylation is 1. The fourth-order valence-electron chi connectivity index (χ4n) is 2.81. The average Bonchev–Trinajstić information content (AvgIpc) is 2.85. The Morgan fingerprint density at radius 1 is 1.50 bits per heavy atom. The second-order valence-electron chi connectivity index (χ2n) is 6.28. The number of carbonyl (C=O) groups is 1. The van der Waals surface area contributed by atoms with Crippen molar-refractivity contribution >= 4 is 11.6 Å². The van der Waals surface area contributed by atoms with E-state index in [0.717, 1.165) is 11.3 Å². The first-order valence-corrected chi connectivity index (χ1v) is 7.21. The molecule has 22 heavy (non-hydrogen) atoms. The molecule has 1 atom stereocenters. The summed E-state index contributed by atoms with van der Waals surface area (Å²) in [6.45, 7) is 4.02. The lowest BCUT2D eigenvalue weighted by Crippen LogP contribution is -2.41.